The number of benzene rings is 1. The minimum Gasteiger partial charge on any atom is -0.345 e. The standard InChI is InChI=1S/C24H22F2N6OS/c1-3-32(2)34-31-19-7-6-18(25)20(21(19)26)22(33)17-12-30-24-16(17)8-14(9-29-24)15-10-27-23(28-11-15)13-4-5-13/h6-13,31H,3-5H2,1-2H3,(H,29,30). The lowest BCUT2D eigenvalue weighted by Crippen LogP contribution is -2.13. The van der Waals surface area contributed by atoms with Crippen molar-refractivity contribution in [3.8, 4) is 11.1 Å². The first-order valence-electron chi connectivity index (χ1n) is 10.9. The monoisotopic (exact) mass is 480 g/mol. The molecule has 174 valence electrons. The van der Waals surface area contributed by atoms with Crippen molar-refractivity contribution in [2.24, 2.45) is 0 Å². The summed E-state index contributed by atoms with van der Waals surface area (Å²) >= 11 is 1.16. The second kappa shape index (κ2) is 9.11. The van der Waals surface area contributed by atoms with Gasteiger partial charge in [-0.3, -0.25) is 4.79 Å². The molecule has 1 aliphatic rings. The van der Waals surface area contributed by atoms with Crippen LogP contribution in [0.3, 0.4) is 0 Å². The fourth-order valence-electron chi connectivity index (χ4n) is 3.55. The van der Waals surface area contributed by atoms with E-state index in [0.29, 0.717) is 29.1 Å². The Balaban J connectivity index is 1.49. The number of aromatic amines is 1. The number of H-pyrrole nitrogens is 1. The highest BCUT2D eigenvalue weighted by Gasteiger charge is 2.27. The summed E-state index contributed by atoms with van der Waals surface area (Å²) in [4.78, 5) is 29.4. The van der Waals surface area contributed by atoms with Gasteiger partial charge in [0.15, 0.2) is 5.82 Å². The number of ketones is 1. The first-order chi connectivity index (χ1) is 16.5. The maximum Gasteiger partial charge on any atom is 0.201 e. The number of carbonyl (C=O) groups excluding carboxylic acids is 1. The summed E-state index contributed by atoms with van der Waals surface area (Å²) in [6, 6.07) is 4.12. The fourth-order valence-corrected chi connectivity index (χ4v) is 4.10. The van der Waals surface area contributed by atoms with Crippen LogP contribution in [0.2, 0.25) is 0 Å². The Labute approximate surface area is 199 Å². The summed E-state index contributed by atoms with van der Waals surface area (Å²) in [6.45, 7) is 2.66. The zero-order chi connectivity index (χ0) is 23.8. The Morgan fingerprint density at radius 1 is 1.18 bits per heavy atom. The van der Waals surface area contributed by atoms with Crippen LogP contribution in [-0.4, -0.2) is 43.6 Å². The molecule has 0 radical (unpaired) electrons. The zero-order valence-corrected chi connectivity index (χ0v) is 19.4. The van der Waals surface area contributed by atoms with Gasteiger partial charge in [0, 0.05) is 71.5 Å². The van der Waals surface area contributed by atoms with Crippen molar-refractivity contribution < 1.29 is 13.6 Å². The van der Waals surface area contributed by atoms with E-state index in [1.807, 2.05) is 18.3 Å². The zero-order valence-electron chi connectivity index (χ0n) is 18.6. The highest BCUT2D eigenvalue weighted by atomic mass is 32.2. The molecule has 7 nitrogen and oxygen atoms in total. The number of rotatable bonds is 8. The van der Waals surface area contributed by atoms with E-state index < -0.39 is 23.0 Å². The number of pyridine rings is 1. The third kappa shape index (κ3) is 4.26. The summed E-state index contributed by atoms with van der Waals surface area (Å²) in [5.41, 5.74) is 1.44. The normalized spacial score (nSPS) is 13.6. The number of halogens is 2. The molecule has 3 heterocycles. The van der Waals surface area contributed by atoms with Crippen LogP contribution in [0, 0.1) is 11.6 Å². The molecule has 0 atom stereocenters. The minimum absolute atomic E-state index is 0.0293. The summed E-state index contributed by atoms with van der Waals surface area (Å²) < 4.78 is 34.5. The summed E-state index contributed by atoms with van der Waals surface area (Å²) in [5.74, 6) is -1.36. The van der Waals surface area contributed by atoms with E-state index in [9.17, 15) is 9.18 Å². The van der Waals surface area contributed by atoms with Gasteiger partial charge in [-0.25, -0.2) is 28.0 Å². The maximum absolute atomic E-state index is 15.2. The third-order valence-corrected chi connectivity index (χ3v) is 6.68. The van der Waals surface area contributed by atoms with Gasteiger partial charge in [-0.15, -0.1) is 0 Å². The highest BCUT2D eigenvalue weighted by Crippen LogP contribution is 2.38. The number of aromatic nitrogens is 4. The number of fused-ring (bicyclic) bond motifs is 1. The molecule has 3 aromatic heterocycles. The molecule has 5 rings (SSSR count). The molecule has 1 aliphatic carbocycles. The van der Waals surface area contributed by atoms with E-state index in [0.717, 1.165) is 42.4 Å². The second-order valence-electron chi connectivity index (χ2n) is 8.18. The highest BCUT2D eigenvalue weighted by molar-refractivity contribution is 7.98. The Hall–Kier alpha value is -3.37. The fraction of sp³-hybridized carbons (Fsp3) is 0.250. The predicted molar refractivity (Wildman–Crippen MR) is 128 cm³/mol. The molecule has 0 unspecified atom stereocenters. The topological polar surface area (TPSA) is 86.8 Å². The number of nitrogens with one attached hydrogen (secondary N) is 2. The van der Waals surface area contributed by atoms with Gasteiger partial charge < -0.3 is 9.71 Å². The van der Waals surface area contributed by atoms with E-state index in [2.05, 4.69) is 24.7 Å². The molecule has 34 heavy (non-hydrogen) atoms. The van der Waals surface area contributed by atoms with Crippen molar-refractivity contribution in [3.63, 3.8) is 0 Å². The number of hydrogen-bond acceptors (Lipinski definition) is 7. The van der Waals surface area contributed by atoms with Crippen LogP contribution in [0.5, 0.6) is 0 Å². The van der Waals surface area contributed by atoms with Crippen molar-refractivity contribution in [1.82, 2.24) is 24.2 Å². The van der Waals surface area contributed by atoms with Crippen LogP contribution < -0.4 is 4.72 Å². The van der Waals surface area contributed by atoms with Gasteiger partial charge in [0.1, 0.15) is 17.3 Å². The van der Waals surface area contributed by atoms with Gasteiger partial charge in [0.05, 0.1) is 11.3 Å². The molecular formula is C24H22F2N6OS. The molecule has 1 saturated carbocycles. The van der Waals surface area contributed by atoms with Gasteiger partial charge in [0.2, 0.25) is 5.78 Å². The van der Waals surface area contributed by atoms with Gasteiger partial charge in [0.25, 0.3) is 0 Å². The lowest BCUT2D eigenvalue weighted by Gasteiger charge is -2.15. The molecule has 0 amide bonds. The number of hydrogen-bond donors (Lipinski definition) is 2. The van der Waals surface area contributed by atoms with Gasteiger partial charge in [-0.2, -0.15) is 0 Å². The van der Waals surface area contributed by atoms with E-state index >= 15 is 4.39 Å². The van der Waals surface area contributed by atoms with Crippen LogP contribution in [0.15, 0.2) is 43.0 Å². The molecule has 1 aromatic carbocycles. The van der Waals surface area contributed by atoms with Gasteiger partial charge >= 0.3 is 0 Å². The number of nitrogens with zero attached hydrogens (tertiary/aromatic N) is 4. The number of anilines is 1. The van der Waals surface area contributed by atoms with E-state index in [-0.39, 0.29) is 11.3 Å². The Kier molecular flexibility index (Phi) is 6.01. The van der Waals surface area contributed by atoms with Crippen molar-refractivity contribution in [2.75, 3.05) is 18.3 Å². The first kappa shape index (κ1) is 22.4. The third-order valence-electron chi connectivity index (χ3n) is 5.80. The van der Waals surface area contributed by atoms with E-state index in [1.54, 1.807) is 24.7 Å². The first-order valence-corrected chi connectivity index (χ1v) is 11.7. The largest absolute Gasteiger partial charge is 0.345 e. The molecule has 2 N–H and O–H groups in total. The predicted octanol–water partition coefficient (Wildman–Crippen LogP) is 5.33. The average Bonchev–Trinajstić information content (AvgIpc) is 3.62. The van der Waals surface area contributed by atoms with Crippen LogP contribution in [0.25, 0.3) is 22.2 Å². The Morgan fingerprint density at radius 2 is 1.91 bits per heavy atom. The van der Waals surface area contributed by atoms with Crippen LogP contribution in [-0.2, 0) is 0 Å². The van der Waals surface area contributed by atoms with Crippen molar-refractivity contribution in [3.05, 3.63) is 71.6 Å². The lowest BCUT2D eigenvalue weighted by molar-refractivity contribution is 0.103. The van der Waals surface area contributed by atoms with Crippen molar-refractivity contribution in [1.29, 1.82) is 0 Å². The summed E-state index contributed by atoms with van der Waals surface area (Å²) in [5, 5.41) is 0.464. The van der Waals surface area contributed by atoms with Crippen molar-refractivity contribution >= 4 is 34.6 Å². The molecule has 4 aromatic rings. The molecule has 10 heteroatoms. The number of carbonyl (C=O) groups is 1. The van der Waals surface area contributed by atoms with Crippen molar-refractivity contribution in [2.45, 2.75) is 25.7 Å². The quantitative estimate of drug-likeness (QED) is 0.260. The van der Waals surface area contributed by atoms with E-state index in [1.165, 1.54) is 12.3 Å². The van der Waals surface area contributed by atoms with Crippen LogP contribution in [0.1, 0.15) is 47.4 Å². The summed E-state index contributed by atoms with van der Waals surface area (Å²) in [6.07, 6.45) is 8.76. The van der Waals surface area contributed by atoms with Gasteiger partial charge in [-0.05, 0) is 38.1 Å². The van der Waals surface area contributed by atoms with Crippen LogP contribution in [0.4, 0.5) is 14.5 Å². The smallest absolute Gasteiger partial charge is 0.201 e. The second-order valence-corrected chi connectivity index (χ2v) is 9.19. The Morgan fingerprint density at radius 3 is 2.62 bits per heavy atom. The molecule has 0 bridgehead atoms. The molecule has 0 spiro atoms. The molecule has 0 saturated heterocycles. The SMILES string of the molecule is CCN(C)SNc1ccc(F)c(C(=O)c2c[nH]c3ncc(-c4cnc(C5CC5)nc4)cc23)c1F. The Bertz CT molecular complexity index is 1370. The molecular weight excluding hydrogens is 458 g/mol. The van der Waals surface area contributed by atoms with E-state index in [4.69, 9.17) is 0 Å². The average molecular weight is 481 g/mol. The van der Waals surface area contributed by atoms with Crippen LogP contribution >= 0.6 is 12.1 Å². The minimum atomic E-state index is -0.940. The van der Waals surface area contributed by atoms with Gasteiger partial charge in [-0.1, -0.05) is 6.92 Å². The molecule has 0 aliphatic heterocycles. The summed E-state index contributed by atoms with van der Waals surface area (Å²) in [7, 11) is 1.83. The molecule has 1 fully saturated rings. The maximum atomic E-state index is 15.2. The lowest BCUT2D eigenvalue weighted by atomic mass is 10.0.